The van der Waals surface area contributed by atoms with Gasteiger partial charge in [-0.15, -0.1) is 0 Å². The summed E-state index contributed by atoms with van der Waals surface area (Å²) in [6.07, 6.45) is 4.83. The average molecular weight is 453 g/mol. The van der Waals surface area contributed by atoms with Gasteiger partial charge in [-0.1, -0.05) is 6.08 Å². The molecule has 0 unspecified atom stereocenters. The molecule has 2 aliphatic rings. The summed E-state index contributed by atoms with van der Waals surface area (Å²) < 4.78 is 48.0. The number of amides is 1. The topological polar surface area (TPSA) is 94.6 Å². The molecule has 1 fully saturated rings. The fourth-order valence-corrected chi connectivity index (χ4v) is 4.45. The van der Waals surface area contributed by atoms with Crippen LogP contribution in [0.5, 0.6) is 17.2 Å². The van der Waals surface area contributed by atoms with Crippen LogP contribution in [0.1, 0.15) is 12.0 Å². The van der Waals surface area contributed by atoms with Crippen LogP contribution >= 0.6 is 0 Å². The van der Waals surface area contributed by atoms with E-state index in [0.717, 1.165) is 42.6 Å². The minimum atomic E-state index is -3.88. The van der Waals surface area contributed by atoms with E-state index in [-0.39, 0.29) is 6.54 Å². The van der Waals surface area contributed by atoms with Gasteiger partial charge in [0.2, 0.25) is 5.75 Å². The summed E-state index contributed by atoms with van der Waals surface area (Å²) >= 11 is 0. The number of sulfonamides is 1. The summed E-state index contributed by atoms with van der Waals surface area (Å²) in [7, 11) is -0.870. The van der Waals surface area contributed by atoms with Gasteiger partial charge in [0.15, 0.2) is 11.5 Å². The van der Waals surface area contributed by atoms with Crippen molar-refractivity contribution in [1.82, 2.24) is 9.21 Å². The number of hydrogen-bond donors (Lipinski definition) is 0. The number of rotatable bonds is 9. The lowest BCUT2D eigenvalue weighted by molar-refractivity contribution is -0.121. The normalized spacial score (nSPS) is 17.9. The Morgan fingerprint density at radius 3 is 2.39 bits per heavy atom. The van der Waals surface area contributed by atoms with Gasteiger partial charge in [-0.05, 0) is 30.2 Å². The molecular weight excluding hydrogens is 424 g/mol. The first-order valence-electron chi connectivity index (χ1n) is 10.0. The fourth-order valence-electron chi connectivity index (χ4n) is 3.30. The number of morpholine rings is 1. The summed E-state index contributed by atoms with van der Waals surface area (Å²) in [5, 5.41) is 1.01. The zero-order valence-corrected chi connectivity index (χ0v) is 18.6. The van der Waals surface area contributed by atoms with E-state index in [1.807, 2.05) is 0 Å². The van der Waals surface area contributed by atoms with Gasteiger partial charge >= 0.3 is 0 Å². The predicted molar refractivity (Wildman–Crippen MR) is 116 cm³/mol. The van der Waals surface area contributed by atoms with Gasteiger partial charge in [0.25, 0.3) is 15.9 Å². The van der Waals surface area contributed by atoms with Crippen LogP contribution < -0.4 is 14.2 Å². The lowest BCUT2D eigenvalue weighted by Crippen LogP contribution is -2.38. The Hall–Kier alpha value is -2.56. The summed E-state index contributed by atoms with van der Waals surface area (Å²) in [6.45, 7) is 4.49. The first kappa shape index (κ1) is 23.1. The number of carbonyl (C=O) groups excluding carboxylic acids is 1. The molecule has 0 bridgehead atoms. The molecule has 10 heteroatoms. The monoisotopic (exact) mass is 452 g/mol. The van der Waals surface area contributed by atoms with Crippen LogP contribution in [-0.2, 0) is 19.6 Å². The molecule has 0 spiro atoms. The highest BCUT2D eigenvalue weighted by atomic mass is 32.2. The van der Waals surface area contributed by atoms with E-state index in [9.17, 15) is 13.2 Å². The van der Waals surface area contributed by atoms with E-state index in [0.29, 0.717) is 35.8 Å². The van der Waals surface area contributed by atoms with Crippen LogP contribution in [0, 0.1) is 0 Å². The van der Waals surface area contributed by atoms with E-state index in [2.05, 4.69) is 4.90 Å². The largest absolute Gasteiger partial charge is 0.493 e. The Labute approximate surface area is 182 Å². The van der Waals surface area contributed by atoms with Crippen molar-refractivity contribution < 1.29 is 32.2 Å². The van der Waals surface area contributed by atoms with Gasteiger partial charge in [-0.2, -0.15) is 0 Å². The van der Waals surface area contributed by atoms with Crippen molar-refractivity contribution in [3.8, 4) is 17.2 Å². The molecule has 0 atom stereocenters. The third kappa shape index (κ3) is 5.99. The molecule has 0 saturated carbocycles. The molecule has 0 N–H and O–H groups in total. The van der Waals surface area contributed by atoms with Gasteiger partial charge in [0.1, 0.15) is 6.61 Å². The SMILES string of the molecule is COc1cc(C=CS(=O)(=O)N2CCC=CC2=O)cc(OC)c1OCCN1CCOCC1. The van der Waals surface area contributed by atoms with Gasteiger partial charge in [0.05, 0.1) is 32.8 Å². The minimum absolute atomic E-state index is 0.130. The zero-order chi connectivity index (χ0) is 22.3. The highest BCUT2D eigenvalue weighted by Gasteiger charge is 2.25. The Kier molecular flexibility index (Phi) is 7.94. The number of methoxy groups -OCH3 is 2. The Balaban J connectivity index is 1.73. The molecule has 1 aromatic carbocycles. The maximum atomic E-state index is 12.5. The maximum Gasteiger partial charge on any atom is 0.259 e. The predicted octanol–water partition coefficient (Wildman–Crippen LogP) is 1.50. The van der Waals surface area contributed by atoms with Crippen molar-refractivity contribution in [2.45, 2.75) is 6.42 Å². The molecule has 0 radical (unpaired) electrons. The van der Waals surface area contributed by atoms with Crippen LogP contribution in [0.2, 0.25) is 0 Å². The molecule has 0 aromatic heterocycles. The molecule has 31 heavy (non-hydrogen) atoms. The van der Waals surface area contributed by atoms with Gasteiger partial charge in [0, 0.05) is 32.3 Å². The highest BCUT2D eigenvalue weighted by Crippen LogP contribution is 2.39. The second-order valence-corrected chi connectivity index (χ2v) is 8.75. The van der Waals surface area contributed by atoms with E-state index in [1.54, 1.807) is 18.2 Å². The first-order chi connectivity index (χ1) is 14.9. The summed E-state index contributed by atoms with van der Waals surface area (Å²) in [5.41, 5.74) is 0.540. The van der Waals surface area contributed by atoms with Crippen LogP contribution in [0.3, 0.4) is 0 Å². The van der Waals surface area contributed by atoms with Crippen molar-refractivity contribution >= 4 is 22.0 Å². The van der Waals surface area contributed by atoms with Crippen molar-refractivity contribution in [1.29, 1.82) is 0 Å². The average Bonchev–Trinajstić information content (AvgIpc) is 2.78. The summed E-state index contributed by atoms with van der Waals surface area (Å²) in [5.74, 6) is 0.760. The van der Waals surface area contributed by atoms with E-state index in [1.165, 1.54) is 26.4 Å². The second-order valence-electron chi connectivity index (χ2n) is 7.01. The zero-order valence-electron chi connectivity index (χ0n) is 17.8. The Bertz CT molecular complexity index is 912. The molecule has 0 aliphatic carbocycles. The molecule has 2 aliphatic heterocycles. The lowest BCUT2D eigenvalue weighted by atomic mass is 10.2. The number of hydrogen-bond acceptors (Lipinski definition) is 8. The first-order valence-corrected chi connectivity index (χ1v) is 11.5. The van der Waals surface area contributed by atoms with Crippen molar-refractivity contribution in [2.75, 3.05) is 60.2 Å². The summed E-state index contributed by atoms with van der Waals surface area (Å²) in [6, 6.07) is 3.33. The Morgan fingerprint density at radius 1 is 1.10 bits per heavy atom. The number of ether oxygens (including phenoxy) is 4. The number of nitrogens with zero attached hydrogens (tertiary/aromatic N) is 2. The molecular formula is C21H28N2O7S. The van der Waals surface area contributed by atoms with Gasteiger partial charge < -0.3 is 18.9 Å². The van der Waals surface area contributed by atoms with Crippen molar-refractivity contribution in [2.24, 2.45) is 0 Å². The van der Waals surface area contributed by atoms with Gasteiger partial charge in [-0.25, -0.2) is 12.7 Å². The van der Waals surface area contributed by atoms with Crippen LogP contribution in [0.15, 0.2) is 29.7 Å². The molecule has 1 amide bonds. The standard InChI is InChI=1S/C21H28N2O7S/c1-27-18-15-17(6-14-31(25,26)23-7-4-3-5-20(23)24)16-19(28-2)21(18)30-13-10-22-8-11-29-12-9-22/h3,5-6,14-16H,4,7-13H2,1-2H3. The molecule has 3 rings (SSSR count). The molecule has 2 heterocycles. The van der Waals surface area contributed by atoms with Gasteiger partial charge in [-0.3, -0.25) is 9.69 Å². The lowest BCUT2D eigenvalue weighted by Gasteiger charge is -2.26. The fraction of sp³-hybridized carbons (Fsp3) is 0.476. The van der Waals surface area contributed by atoms with Crippen molar-refractivity contribution in [3.05, 3.63) is 35.3 Å². The third-order valence-electron chi connectivity index (χ3n) is 4.99. The molecule has 9 nitrogen and oxygen atoms in total. The smallest absolute Gasteiger partial charge is 0.259 e. The van der Waals surface area contributed by atoms with E-state index < -0.39 is 15.9 Å². The second kappa shape index (κ2) is 10.7. The van der Waals surface area contributed by atoms with E-state index in [4.69, 9.17) is 18.9 Å². The molecule has 1 aromatic rings. The van der Waals surface area contributed by atoms with Crippen molar-refractivity contribution in [3.63, 3.8) is 0 Å². The number of carbonyl (C=O) groups is 1. The maximum absolute atomic E-state index is 12.5. The quantitative estimate of drug-likeness (QED) is 0.557. The Morgan fingerprint density at radius 2 is 1.77 bits per heavy atom. The van der Waals surface area contributed by atoms with Crippen LogP contribution in [-0.4, -0.2) is 83.7 Å². The van der Waals surface area contributed by atoms with Crippen LogP contribution in [0.4, 0.5) is 0 Å². The summed E-state index contributed by atoms with van der Waals surface area (Å²) in [4.78, 5) is 14.1. The third-order valence-corrected chi connectivity index (χ3v) is 6.44. The van der Waals surface area contributed by atoms with Crippen LogP contribution in [0.25, 0.3) is 6.08 Å². The molecule has 1 saturated heterocycles. The highest BCUT2D eigenvalue weighted by molar-refractivity contribution is 7.92. The van der Waals surface area contributed by atoms with E-state index >= 15 is 0 Å². The minimum Gasteiger partial charge on any atom is -0.493 e. The molecule has 170 valence electrons. The number of benzene rings is 1.